The number of hydrogen-bond donors (Lipinski definition) is 4. The van der Waals surface area contributed by atoms with Crippen molar-refractivity contribution in [2.45, 2.75) is 77.9 Å². The van der Waals surface area contributed by atoms with E-state index in [0.717, 1.165) is 10.8 Å². The van der Waals surface area contributed by atoms with Crippen molar-refractivity contribution in [3.8, 4) is 11.4 Å². The fourth-order valence-electron chi connectivity index (χ4n) is 4.54. The molecule has 0 aliphatic heterocycles. The number of aromatic nitrogens is 2. The topological polar surface area (TPSA) is 178 Å². The predicted octanol–water partition coefficient (Wildman–Crippen LogP) is 3.64. The standard InChI is InChI=1S/C34H41F2N5O8/c1-21(2)27(28(44)34(35,36)31(46)37-17-16-26(43)49-33(3,4)5)40-25(42)19-41-29(23-14-10-7-11-15-23)38-18-24(30(41)45)39-32(47)48-20-22-12-8-6-9-13-22/h6-15,18,21,27-28,44H,16-17,19-20H2,1-5H3,(H,37,46)(H,39,47)(H,40,42). The Hall–Kier alpha value is -5.18. The number of rotatable bonds is 14. The molecule has 0 radical (unpaired) electrons. The van der Waals surface area contributed by atoms with Gasteiger partial charge in [-0.05, 0) is 32.3 Å². The first-order valence-corrected chi connectivity index (χ1v) is 15.5. The van der Waals surface area contributed by atoms with Crippen LogP contribution in [0.1, 0.15) is 46.6 Å². The van der Waals surface area contributed by atoms with Crippen molar-refractivity contribution >= 4 is 29.6 Å². The van der Waals surface area contributed by atoms with Crippen molar-refractivity contribution in [1.82, 2.24) is 20.2 Å². The number of hydrogen-bond acceptors (Lipinski definition) is 9. The van der Waals surface area contributed by atoms with Crippen LogP contribution in [0.2, 0.25) is 0 Å². The number of nitrogens with one attached hydrogen (secondary N) is 3. The van der Waals surface area contributed by atoms with Gasteiger partial charge in [-0.15, -0.1) is 0 Å². The average Bonchev–Trinajstić information content (AvgIpc) is 3.04. The van der Waals surface area contributed by atoms with Crippen LogP contribution in [-0.4, -0.2) is 68.7 Å². The summed E-state index contributed by atoms with van der Waals surface area (Å²) in [5.41, 5.74) is -0.840. The van der Waals surface area contributed by atoms with Crippen LogP contribution >= 0.6 is 0 Å². The molecule has 0 spiro atoms. The summed E-state index contributed by atoms with van der Waals surface area (Å²) >= 11 is 0. The van der Waals surface area contributed by atoms with Gasteiger partial charge in [0.2, 0.25) is 5.91 Å². The second kappa shape index (κ2) is 16.8. The SMILES string of the molecule is CC(C)C(NC(=O)Cn1c(-c2ccccc2)ncc(NC(=O)OCc2ccccc2)c1=O)C(O)C(F)(F)C(=O)NCCC(=O)OC(C)(C)C. The van der Waals surface area contributed by atoms with E-state index in [-0.39, 0.29) is 24.5 Å². The Morgan fingerprint density at radius 1 is 0.980 bits per heavy atom. The lowest BCUT2D eigenvalue weighted by Crippen LogP contribution is -2.59. The van der Waals surface area contributed by atoms with Gasteiger partial charge in [0, 0.05) is 12.1 Å². The zero-order valence-electron chi connectivity index (χ0n) is 27.9. The van der Waals surface area contributed by atoms with E-state index in [2.05, 4.69) is 15.6 Å². The number of aliphatic hydroxyl groups excluding tert-OH is 1. The molecular formula is C34H41F2N5O8. The molecule has 2 aromatic carbocycles. The molecule has 3 amide bonds. The van der Waals surface area contributed by atoms with E-state index in [1.165, 1.54) is 13.8 Å². The van der Waals surface area contributed by atoms with Crippen LogP contribution in [0.4, 0.5) is 19.3 Å². The zero-order chi connectivity index (χ0) is 36.4. The highest BCUT2D eigenvalue weighted by atomic mass is 19.3. The molecule has 49 heavy (non-hydrogen) atoms. The Kier molecular flexibility index (Phi) is 13.1. The van der Waals surface area contributed by atoms with Gasteiger partial charge in [0.05, 0.1) is 18.7 Å². The molecule has 0 bridgehead atoms. The van der Waals surface area contributed by atoms with E-state index in [1.54, 1.807) is 81.4 Å². The molecule has 4 N–H and O–H groups in total. The van der Waals surface area contributed by atoms with Crippen LogP contribution in [0.15, 0.2) is 71.7 Å². The minimum atomic E-state index is -4.38. The fourth-order valence-corrected chi connectivity index (χ4v) is 4.54. The summed E-state index contributed by atoms with van der Waals surface area (Å²) in [4.78, 5) is 67.9. The third-order valence-electron chi connectivity index (χ3n) is 6.93. The first kappa shape index (κ1) is 38.3. The molecule has 15 heteroatoms. The predicted molar refractivity (Wildman–Crippen MR) is 175 cm³/mol. The van der Waals surface area contributed by atoms with Gasteiger partial charge in [-0.25, -0.2) is 9.78 Å². The Balaban J connectivity index is 1.77. The number of halogens is 2. The van der Waals surface area contributed by atoms with Gasteiger partial charge < -0.3 is 25.2 Å². The van der Waals surface area contributed by atoms with Crippen molar-refractivity contribution < 1.29 is 42.5 Å². The quantitative estimate of drug-likeness (QED) is 0.185. The number of carbonyl (C=O) groups excluding carboxylic acids is 4. The minimum Gasteiger partial charge on any atom is -0.460 e. The van der Waals surface area contributed by atoms with Gasteiger partial charge in [0.1, 0.15) is 36.4 Å². The maximum absolute atomic E-state index is 15.1. The van der Waals surface area contributed by atoms with Crippen LogP contribution in [0.25, 0.3) is 11.4 Å². The molecule has 264 valence electrons. The number of amides is 3. The summed E-state index contributed by atoms with van der Waals surface area (Å²) < 4.78 is 41.5. The molecule has 2 atom stereocenters. The highest BCUT2D eigenvalue weighted by molar-refractivity contribution is 5.85. The van der Waals surface area contributed by atoms with Crippen molar-refractivity contribution in [3.63, 3.8) is 0 Å². The lowest BCUT2D eigenvalue weighted by atomic mass is 9.93. The van der Waals surface area contributed by atoms with E-state index in [1.807, 2.05) is 5.32 Å². The largest absolute Gasteiger partial charge is 0.460 e. The van der Waals surface area contributed by atoms with Crippen molar-refractivity contribution in [3.05, 3.63) is 82.8 Å². The van der Waals surface area contributed by atoms with Gasteiger partial charge in [0.15, 0.2) is 0 Å². The van der Waals surface area contributed by atoms with Crippen LogP contribution in [0.3, 0.4) is 0 Å². The Morgan fingerprint density at radius 3 is 2.18 bits per heavy atom. The zero-order valence-corrected chi connectivity index (χ0v) is 27.9. The molecule has 1 aromatic heterocycles. The molecule has 0 saturated carbocycles. The summed E-state index contributed by atoms with van der Waals surface area (Å²) in [6.07, 6.45) is -2.93. The Morgan fingerprint density at radius 2 is 1.59 bits per heavy atom. The first-order valence-electron chi connectivity index (χ1n) is 15.5. The van der Waals surface area contributed by atoms with E-state index >= 15 is 8.78 Å². The number of carbonyl (C=O) groups is 4. The van der Waals surface area contributed by atoms with E-state index in [4.69, 9.17) is 9.47 Å². The third-order valence-corrected chi connectivity index (χ3v) is 6.93. The van der Waals surface area contributed by atoms with E-state index in [0.29, 0.717) is 11.1 Å². The van der Waals surface area contributed by atoms with Crippen LogP contribution < -0.4 is 21.5 Å². The van der Waals surface area contributed by atoms with Crippen LogP contribution in [0.5, 0.6) is 0 Å². The third kappa shape index (κ3) is 11.2. The second-order valence-electron chi connectivity index (χ2n) is 12.4. The summed E-state index contributed by atoms with van der Waals surface area (Å²) in [7, 11) is 0. The van der Waals surface area contributed by atoms with Gasteiger partial charge in [0.25, 0.3) is 11.5 Å². The van der Waals surface area contributed by atoms with Gasteiger partial charge in [-0.3, -0.25) is 29.1 Å². The normalized spacial score (nSPS) is 12.8. The summed E-state index contributed by atoms with van der Waals surface area (Å²) in [6, 6.07) is 15.5. The van der Waals surface area contributed by atoms with Gasteiger partial charge >= 0.3 is 18.0 Å². The molecule has 3 rings (SSSR count). The molecule has 13 nitrogen and oxygen atoms in total. The number of esters is 1. The number of benzene rings is 2. The summed E-state index contributed by atoms with van der Waals surface area (Å²) in [5.74, 6) is -8.70. The van der Waals surface area contributed by atoms with Gasteiger partial charge in [-0.1, -0.05) is 74.5 Å². The number of ether oxygens (including phenoxy) is 2. The lowest BCUT2D eigenvalue weighted by Gasteiger charge is -2.32. The molecular weight excluding hydrogens is 644 g/mol. The van der Waals surface area contributed by atoms with E-state index < -0.39 is 72.1 Å². The molecule has 3 aromatic rings. The highest BCUT2D eigenvalue weighted by Crippen LogP contribution is 2.25. The monoisotopic (exact) mass is 685 g/mol. The Labute approximate surface area is 282 Å². The maximum atomic E-state index is 15.1. The van der Waals surface area contributed by atoms with Crippen molar-refractivity contribution in [1.29, 1.82) is 0 Å². The molecule has 0 fully saturated rings. The molecule has 0 aliphatic carbocycles. The van der Waals surface area contributed by atoms with Gasteiger partial charge in [-0.2, -0.15) is 8.78 Å². The maximum Gasteiger partial charge on any atom is 0.412 e. The number of aliphatic hydroxyl groups is 1. The molecule has 2 unspecified atom stereocenters. The smallest absolute Gasteiger partial charge is 0.412 e. The van der Waals surface area contributed by atoms with Crippen molar-refractivity contribution in [2.75, 3.05) is 11.9 Å². The average molecular weight is 686 g/mol. The van der Waals surface area contributed by atoms with E-state index in [9.17, 15) is 29.1 Å². The minimum absolute atomic E-state index is 0.0280. The molecule has 0 saturated heterocycles. The lowest BCUT2D eigenvalue weighted by molar-refractivity contribution is -0.169. The van der Waals surface area contributed by atoms with Crippen molar-refractivity contribution in [2.24, 2.45) is 5.92 Å². The molecule has 0 aliphatic rings. The number of anilines is 1. The van der Waals surface area contributed by atoms with Crippen LogP contribution in [0, 0.1) is 5.92 Å². The molecule has 1 heterocycles. The second-order valence-corrected chi connectivity index (χ2v) is 12.4. The first-order chi connectivity index (χ1) is 23.0. The fraction of sp³-hybridized carbons (Fsp3) is 0.412. The highest BCUT2D eigenvalue weighted by Gasteiger charge is 2.51. The van der Waals surface area contributed by atoms with Crippen LogP contribution in [-0.2, 0) is 37.0 Å². The summed E-state index contributed by atoms with van der Waals surface area (Å²) in [6.45, 7) is 6.46. The Bertz CT molecular complexity index is 1660. The number of alkyl halides is 2. The summed E-state index contributed by atoms with van der Waals surface area (Å²) in [5, 5.41) is 17.2. The number of nitrogens with zero attached hydrogens (tertiary/aromatic N) is 2.